The van der Waals surface area contributed by atoms with Gasteiger partial charge in [-0.3, -0.25) is 14.3 Å². The lowest BCUT2D eigenvalue weighted by molar-refractivity contribution is -0.125. The summed E-state index contributed by atoms with van der Waals surface area (Å²) in [6.07, 6.45) is 0.878. The van der Waals surface area contributed by atoms with Crippen LogP contribution in [0.5, 0.6) is 0 Å². The lowest BCUT2D eigenvalue weighted by atomic mass is 9.86. The summed E-state index contributed by atoms with van der Waals surface area (Å²) in [7, 11) is 0. The summed E-state index contributed by atoms with van der Waals surface area (Å²) in [6.45, 7) is 6.43. The Morgan fingerprint density at radius 3 is 2.56 bits per heavy atom. The zero-order valence-corrected chi connectivity index (χ0v) is 20.6. The maximum atomic E-state index is 14.1. The van der Waals surface area contributed by atoms with E-state index in [4.69, 9.17) is 5.26 Å². The van der Waals surface area contributed by atoms with Crippen LogP contribution in [0.25, 0.3) is 10.9 Å². The Morgan fingerprint density at radius 1 is 1.22 bits per heavy atom. The van der Waals surface area contributed by atoms with Gasteiger partial charge in [0, 0.05) is 18.5 Å². The van der Waals surface area contributed by atoms with Crippen molar-refractivity contribution in [2.45, 2.75) is 39.8 Å². The van der Waals surface area contributed by atoms with Crippen molar-refractivity contribution in [3.8, 4) is 6.07 Å². The minimum atomic E-state index is -0.824. The molecule has 3 N–H and O–H groups in total. The van der Waals surface area contributed by atoms with Crippen molar-refractivity contribution < 1.29 is 19.1 Å². The average Bonchev–Trinajstić information content (AvgIpc) is 3.53. The first kappa shape index (κ1) is 25.3. The van der Waals surface area contributed by atoms with Crippen molar-refractivity contribution in [1.29, 1.82) is 5.26 Å². The van der Waals surface area contributed by atoms with Crippen LogP contribution in [-0.2, 0) is 11.3 Å². The minimum Gasteiger partial charge on any atom is -0.396 e. The standard InChI is InChI=1S/C27H30FN5O3/c1-27(2,3)24(26(36)30-13-18-10-19(18)15-34)31-25(35)23-21-9-8-20(28)11-22(21)33(32-23)14-17-6-4-16(12-29)5-7-17/h4-9,11,18-19,24,34H,10,13-15H2,1-3H3,(H,30,36)(H,31,35)/t18-,19+,24-/m1/s1. The van der Waals surface area contributed by atoms with E-state index in [0.717, 1.165) is 12.0 Å². The SMILES string of the molecule is CC(C)(C)[C@H](NC(=O)c1nn(Cc2ccc(C#N)cc2)c2cc(F)ccc12)C(=O)NC[C@H]1C[C@H]1CO. The number of aliphatic hydroxyl groups is 1. The number of carbonyl (C=O) groups excluding carboxylic acids is 2. The van der Waals surface area contributed by atoms with Crippen molar-refractivity contribution in [3.63, 3.8) is 0 Å². The first-order valence-corrected chi connectivity index (χ1v) is 11.9. The van der Waals surface area contributed by atoms with E-state index >= 15 is 0 Å². The number of benzene rings is 2. The van der Waals surface area contributed by atoms with E-state index in [9.17, 15) is 19.1 Å². The smallest absolute Gasteiger partial charge is 0.273 e. The molecule has 1 heterocycles. The van der Waals surface area contributed by atoms with Gasteiger partial charge in [-0.1, -0.05) is 32.9 Å². The molecule has 3 atom stereocenters. The highest BCUT2D eigenvalue weighted by molar-refractivity contribution is 6.06. The molecule has 0 radical (unpaired) electrons. The highest BCUT2D eigenvalue weighted by atomic mass is 19.1. The first-order chi connectivity index (χ1) is 17.1. The van der Waals surface area contributed by atoms with Crippen LogP contribution in [0.4, 0.5) is 4.39 Å². The zero-order chi connectivity index (χ0) is 26.0. The lowest BCUT2D eigenvalue weighted by Gasteiger charge is -2.30. The number of fused-ring (bicyclic) bond motifs is 1. The summed E-state index contributed by atoms with van der Waals surface area (Å²) in [5.41, 5.74) is 1.33. The van der Waals surface area contributed by atoms with Crippen molar-refractivity contribution >= 4 is 22.7 Å². The number of aliphatic hydroxyl groups excluding tert-OH is 1. The fourth-order valence-electron chi connectivity index (χ4n) is 4.29. The number of hydrogen-bond acceptors (Lipinski definition) is 5. The molecule has 0 bridgehead atoms. The molecule has 0 saturated heterocycles. The maximum Gasteiger partial charge on any atom is 0.273 e. The van der Waals surface area contributed by atoms with Gasteiger partial charge < -0.3 is 15.7 Å². The summed E-state index contributed by atoms with van der Waals surface area (Å²) in [6, 6.07) is 12.3. The molecule has 188 valence electrons. The number of carbonyl (C=O) groups is 2. The predicted molar refractivity (Wildman–Crippen MR) is 132 cm³/mol. The molecule has 36 heavy (non-hydrogen) atoms. The van der Waals surface area contributed by atoms with Gasteiger partial charge in [-0.15, -0.1) is 0 Å². The fourth-order valence-corrected chi connectivity index (χ4v) is 4.29. The number of rotatable bonds is 8. The molecule has 0 unspecified atom stereocenters. The van der Waals surface area contributed by atoms with Crippen LogP contribution < -0.4 is 10.6 Å². The molecule has 0 aliphatic heterocycles. The van der Waals surface area contributed by atoms with Gasteiger partial charge in [-0.2, -0.15) is 10.4 Å². The molecule has 0 spiro atoms. The summed E-state index contributed by atoms with van der Waals surface area (Å²) in [4.78, 5) is 26.4. The molecular weight excluding hydrogens is 461 g/mol. The van der Waals surface area contributed by atoms with Gasteiger partial charge in [-0.05, 0) is 59.6 Å². The fraction of sp³-hybridized carbons (Fsp3) is 0.407. The van der Waals surface area contributed by atoms with Gasteiger partial charge in [0.2, 0.25) is 5.91 Å². The Morgan fingerprint density at radius 2 is 1.94 bits per heavy atom. The van der Waals surface area contributed by atoms with Crippen molar-refractivity contribution in [3.05, 3.63) is 65.1 Å². The number of nitrogens with one attached hydrogen (secondary N) is 2. The Bertz CT molecular complexity index is 1320. The predicted octanol–water partition coefficient (Wildman–Crippen LogP) is 2.98. The van der Waals surface area contributed by atoms with Gasteiger partial charge in [0.15, 0.2) is 5.69 Å². The van der Waals surface area contributed by atoms with E-state index in [2.05, 4.69) is 21.8 Å². The molecule has 2 aromatic carbocycles. The molecule has 4 rings (SSSR count). The maximum absolute atomic E-state index is 14.1. The van der Waals surface area contributed by atoms with E-state index in [1.54, 1.807) is 28.9 Å². The summed E-state index contributed by atoms with van der Waals surface area (Å²) < 4.78 is 15.6. The Kier molecular flexibility index (Phi) is 7.09. The summed E-state index contributed by atoms with van der Waals surface area (Å²) >= 11 is 0. The Labute approximate surface area is 209 Å². The van der Waals surface area contributed by atoms with Gasteiger partial charge >= 0.3 is 0 Å². The molecular formula is C27H30FN5O3. The van der Waals surface area contributed by atoms with Crippen LogP contribution in [-0.4, -0.2) is 45.9 Å². The average molecular weight is 492 g/mol. The topological polar surface area (TPSA) is 120 Å². The van der Waals surface area contributed by atoms with Gasteiger partial charge in [0.05, 0.1) is 23.7 Å². The van der Waals surface area contributed by atoms with Crippen LogP contribution >= 0.6 is 0 Å². The lowest BCUT2D eigenvalue weighted by Crippen LogP contribution is -2.54. The largest absolute Gasteiger partial charge is 0.396 e. The number of aromatic nitrogens is 2. The molecule has 9 heteroatoms. The van der Waals surface area contributed by atoms with Crippen LogP contribution in [0.15, 0.2) is 42.5 Å². The number of nitrogens with zero attached hydrogens (tertiary/aromatic N) is 3. The van der Waals surface area contributed by atoms with Gasteiger partial charge in [0.25, 0.3) is 5.91 Å². The van der Waals surface area contributed by atoms with Gasteiger partial charge in [-0.25, -0.2) is 4.39 Å². The molecule has 8 nitrogen and oxygen atoms in total. The summed E-state index contributed by atoms with van der Waals surface area (Å²) in [5.74, 6) is -0.804. The normalized spacial score (nSPS) is 17.9. The molecule has 1 aromatic heterocycles. The van der Waals surface area contributed by atoms with E-state index < -0.39 is 23.2 Å². The third-order valence-corrected chi connectivity index (χ3v) is 6.59. The summed E-state index contributed by atoms with van der Waals surface area (Å²) in [5, 5.41) is 28.9. The van der Waals surface area contributed by atoms with E-state index in [1.807, 2.05) is 20.8 Å². The first-order valence-electron chi connectivity index (χ1n) is 11.9. The second kappa shape index (κ2) is 10.1. The molecule has 3 aromatic rings. The quantitative estimate of drug-likeness (QED) is 0.448. The van der Waals surface area contributed by atoms with Crippen LogP contribution in [0, 0.1) is 34.4 Å². The Hall–Kier alpha value is -3.77. The number of nitriles is 1. The van der Waals surface area contributed by atoms with E-state index in [-0.39, 0.29) is 36.6 Å². The zero-order valence-electron chi connectivity index (χ0n) is 20.6. The molecule has 1 aliphatic carbocycles. The molecule has 1 aliphatic rings. The van der Waals surface area contributed by atoms with Crippen molar-refractivity contribution in [1.82, 2.24) is 20.4 Å². The second-order valence-electron chi connectivity index (χ2n) is 10.4. The second-order valence-corrected chi connectivity index (χ2v) is 10.4. The molecule has 2 amide bonds. The van der Waals surface area contributed by atoms with Crippen LogP contribution in [0.3, 0.4) is 0 Å². The monoisotopic (exact) mass is 491 g/mol. The van der Waals surface area contributed by atoms with Crippen molar-refractivity contribution in [2.75, 3.05) is 13.2 Å². The van der Waals surface area contributed by atoms with Crippen molar-refractivity contribution in [2.24, 2.45) is 17.3 Å². The van der Waals surface area contributed by atoms with Crippen LogP contribution in [0.1, 0.15) is 48.8 Å². The number of halogens is 1. The minimum absolute atomic E-state index is 0.100. The molecule has 1 saturated carbocycles. The molecule has 1 fully saturated rings. The highest BCUT2D eigenvalue weighted by Crippen LogP contribution is 2.37. The number of amides is 2. The number of hydrogen-bond donors (Lipinski definition) is 3. The van der Waals surface area contributed by atoms with Crippen LogP contribution in [0.2, 0.25) is 0 Å². The van der Waals surface area contributed by atoms with E-state index in [0.29, 0.717) is 23.0 Å². The van der Waals surface area contributed by atoms with E-state index in [1.165, 1.54) is 18.2 Å². The van der Waals surface area contributed by atoms with Gasteiger partial charge in [0.1, 0.15) is 11.9 Å². The Balaban J connectivity index is 1.58. The third kappa shape index (κ3) is 5.55. The third-order valence-electron chi connectivity index (χ3n) is 6.59. The highest BCUT2D eigenvalue weighted by Gasteiger charge is 2.38.